The number of hydrogen-bond donors (Lipinski definition) is 1. The Morgan fingerprint density at radius 1 is 1.20 bits per heavy atom. The van der Waals surface area contributed by atoms with Crippen LogP contribution in [0.25, 0.3) is 0 Å². The summed E-state index contributed by atoms with van der Waals surface area (Å²) in [7, 11) is 0. The SMILES string of the molecule is O=C(CCNC(=O)C1CCCC1)N=c1sccn1Cc1ccccc1. The van der Waals surface area contributed by atoms with Crippen molar-refractivity contribution in [3.05, 3.63) is 52.3 Å². The number of amides is 2. The Balaban J connectivity index is 1.53. The van der Waals surface area contributed by atoms with Crippen LogP contribution in [0.4, 0.5) is 0 Å². The van der Waals surface area contributed by atoms with E-state index in [1.807, 2.05) is 34.3 Å². The molecular weight excluding hydrogens is 334 g/mol. The highest BCUT2D eigenvalue weighted by atomic mass is 32.1. The van der Waals surface area contributed by atoms with Crippen LogP contribution in [0, 0.1) is 5.92 Å². The van der Waals surface area contributed by atoms with Gasteiger partial charge < -0.3 is 9.88 Å². The molecule has 0 radical (unpaired) electrons. The number of thiazole rings is 1. The first kappa shape index (κ1) is 17.6. The minimum absolute atomic E-state index is 0.0839. The van der Waals surface area contributed by atoms with Gasteiger partial charge in [-0.2, -0.15) is 4.99 Å². The van der Waals surface area contributed by atoms with Crippen molar-refractivity contribution >= 4 is 23.2 Å². The van der Waals surface area contributed by atoms with Crippen molar-refractivity contribution < 1.29 is 9.59 Å². The molecule has 0 spiro atoms. The fraction of sp³-hybridized carbons (Fsp3) is 0.421. The standard InChI is InChI=1S/C19H23N3O2S/c23-17(10-11-20-18(24)16-8-4-5-9-16)21-19-22(12-13-25-19)14-15-6-2-1-3-7-15/h1-3,6-7,12-13,16H,4-5,8-11,14H2,(H,20,24). The quantitative estimate of drug-likeness (QED) is 0.864. The first-order valence-electron chi connectivity index (χ1n) is 8.75. The summed E-state index contributed by atoms with van der Waals surface area (Å²) in [6.45, 7) is 1.05. The minimum Gasteiger partial charge on any atom is -0.355 e. The second-order valence-electron chi connectivity index (χ2n) is 6.33. The lowest BCUT2D eigenvalue weighted by Crippen LogP contribution is -2.31. The summed E-state index contributed by atoms with van der Waals surface area (Å²) >= 11 is 1.45. The Kier molecular flexibility index (Phi) is 6.17. The topological polar surface area (TPSA) is 63.5 Å². The number of nitrogens with zero attached hydrogens (tertiary/aromatic N) is 2. The van der Waals surface area contributed by atoms with Gasteiger partial charge in [0.1, 0.15) is 0 Å². The molecule has 1 fully saturated rings. The molecule has 1 aliphatic rings. The van der Waals surface area contributed by atoms with Gasteiger partial charge in [-0.25, -0.2) is 0 Å². The zero-order valence-electron chi connectivity index (χ0n) is 14.2. The van der Waals surface area contributed by atoms with E-state index in [1.54, 1.807) is 0 Å². The molecular formula is C19H23N3O2S. The Morgan fingerprint density at radius 3 is 2.72 bits per heavy atom. The van der Waals surface area contributed by atoms with Gasteiger partial charge in [-0.3, -0.25) is 9.59 Å². The smallest absolute Gasteiger partial charge is 0.250 e. The maximum atomic E-state index is 12.1. The largest absolute Gasteiger partial charge is 0.355 e. The number of hydrogen-bond acceptors (Lipinski definition) is 3. The van der Waals surface area contributed by atoms with Crippen LogP contribution < -0.4 is 10.1 Å². The molecule has 0 unspecified atom stereocenters. The van der Waals surface area contributed by atoms with E-state index in [0.29, 0.717) is 17.9 Å². The Bertz CT molecular complexity index is 773. The summed E-state index contributed by atoms with van der Waals surface area (Å²) in [5.41, 5.74) is 1.17. The third-order valence-corrected chi connectivity index (χ3v) is 5.23. The summed E-state index contributed by atoms with van der Waals surface area (Å²) in [5.74, 6) is 0.0221. The molecule has 2 amide bonds. The van der Waals surface area contributed by atoms with Gasteiger partial charge in [-0.05, 0) is 18.4 Å². The van der Waals surface area contributed by atoms with E-state index in [-0.39, 0.29) is 24.2 Å². The molecule has 1 aliphatic carbocycles. The normalized spacial score (nSPS) is 15.4. The van der Waals surface area contributed by atoms with Gasteiger partial charge in [0.2, 0.25) is 11.8 Å². The third kappa shape index (κ3) is 5.13. The van der Waals surface area contributed by atoms with Gasteiger partial charge in [0.05, 0.1) is 0 Å². The van der Waals surface area contributed by atoms with E-state index < -0.39 is 0 Å². The van der Waals surface area contributed by atoms with E-state index in [9.17, 15) is 9.59 Å². The van der Waals surface area contributed by atoms with Crippen molar-refractivity contribution in [2.75, 3.05) is 6.54 Å². The number of carbonyl (C=O) groups is 2. The van der Waals surface area contributed by atoms with Crippen LogP contribution in [0.5, 0.6) is 0 Å². The number of rotatable bonds is 6. The zero-order chi connectivity index (χ0) is 17.5. The molecule has 25 heavy (non-hydrogen) atoms. The fourth-order valence-corrected chi connectivity index (χ4v) is 3.82. The van der Waals surface area contributed by atoms with Crippen LogP contribution in [0.1, 0.15) is 37.7 Å². The molecule has 1 N–H and O–H groups in total. The summed E-state index contributed by atoms with van der Waals surface area (Å²) in [6, 6.07) is 10.1. The second-order valence-corrected chi connectivity index (χ2v) is 7.20. The van der Waals surface area contributed by atoms with E-state index in [2.05, 4.69) is 22.4 Å². The minimum atomic E-state index is -0.198. The second kappa shape index (κ2) is 8.76. The predicted octanol–water partition coefficient (Wildman–Crippen LogP) is 2.72. The lowest BCUT2D eigenvalue weighted by molar-refractivity contribution is -0.125. The summed E-state index contributed by atoms with van der Waals surface area (Å²) in [5, 5.41) is 4.79. The molecule has 1 aromatic carbocycles. The molecule has 5 nitrogen and oxygen atoms in total. The molecule has 0 aliphatic heterocycles. The van der Waals surface area contributed by atoms with Gasteiger partial charge >= 0.3 is 0 Å². The van der Waals surface area contributed by atoms with E-state index in [1.165, 1.54) is 16.9 Å². The van der Waals surface area contributed by atoms with Crippen LogP contribution in [0.15, 0.2) is 46.9 Å². The predicted molar refractivity (Wildman–Crippen MR) is 98.0 cm³/mol. The fourth-order valence-electron chi connectivity index (χ4n) is 3.07. The highest BCUT2D eigenvalue weighted by Crippen LogP contribution is 2.24. The average molecular weight is 357 g/mol. The van der Waals surface area contributed by atoms with E-state index >= 15 is 0 Å². The number of aromatic nitrogens is 1. The molecule has 0 atom stereocenters. The number of carbonyl (C=O) groups excluding carboxylic acids is 2. The molecule has 1 aromatic heterocycles. The summed E-state index contributed by atoms with van der Waals surface area (Å²) in [4.78, 5) is 28.9. The molecule has 132 valence electrons. The zero-order valence-corrected chi connectivity index (χ0v) is 15.0. The van der Waals surface area contributed by atoms with Gasteiger partial charge in [0.15, 0.2) is 4.80 Å². The lowest BCUT2D eigenvalue weighted by atomic mass is 10.1. The van der Waals surface area contributed by atoms with Crippen molar-refractivity contribution in [2.45, 2.75) is 38.6 Å². The van der Waals surface area contributed by atoms with E-state index in [0.717, 1.165) is 25.7 Å². The number of nitrogens with one attached hydrogen (secondary N) is 1. The maximum absolute atomic E-state index is 12.1. The number of benzene rings is 1. The first-order chi connectivity index (χ1) is 12.2. The van der Waals surface area contributed by atoms with Crippen LogP contribution >= 0.6 is 11.3 Å². The van der Waals surface area contributed by atoms with Crippen LogP contribution in [-0.4, -0.2) is 22.9 Å². The van der Waals surface area contributed by atoms with Crippen molar-refractivity contribution in [1.82, 2.24) is 9.88 Å². The van der Waals surface area contributed by atoms with Crippen molar-refractivity contribution in [2.24, 2.45) is 10.9 Å². The molecule has 0 bridgehead atoms. The first-order valence-corrected chi connectivity index (χ1v) is 9.63. The molecule has 2 aromatic rings. The van der Waals surface area contributed by atoms with Crippen LogP contribution in [0.3, 0.4) is 0 Å². The van der Waals surface area contributed by atoms with Gasteiger partial charge in [0, 0.05) is 37.0 Å². The van der Waals surface area contributed by atoms with Crippen LogP contribution in [-0.2, 0) is 16.1 Å². The molecule has 1 heterocycles. The summed E-state index contributed by atoms with van der Waals surface area (Å²) in [6.07, 6.45) is 6.38. The average Bonchev–Trinajstić information content (AvgIpc) is 3.28. The van der Waals surface area contributed by atoms with Crippen molar-refractivity contribution in [3.63, 3.8) is 0 Å². The van der Waals surface area contributed by atoms with Gasteiger partial charge in [0.25, 0.3) is 0 Å². The van der Waals surface area contributed by atoms with Gasteiger partial charge in [-0.1, -0.05) is 43.2 Å². The molecule has 0 saturated heterocycles. The molecule has 6 heteroatoms. The third-order valence-electron chi connectivity index (χ3n) is 4.44. The highest BCUT2D eigenvalue weighted by molar-refractivity contribution is 7.07. The van der Waals surface area contributed by atoms with Crippen molar-refractivity contribution in [1.29, 1.82) is 0 Å². The van der Waals surface area contributed by atoms with Crippen molar-refractivity contribution in [3.8, 4) is 0 Å². The molecule has 1 saturated carbocycles. The summed E-state index contributed by atoms with van der Waals surface area (Å²) < 4.78 is 1.97. The van der Waals surface area contributed by atoms with E-state index in [4.69, 9.17) is 0 Å². The Labute approximate surface area is 151 Å². The monoisotopic (exact) mass is 357 g/mol. The molecule has 3 rings (SSSR count). The van der Waals surface area contributed by atoms with Gasteiger partial charge in [-0.15, -0.1) is 11.3 Å². The lowest BCUT2D eigenvalue weighted by Gasteiger charge is -2.09. The van der Waals surface area contributed by atoms with Crippen LogP contribution in [0.2, 0.25) is 0 Å². The highest BCUT2D eigenvalue weighted by Gasteiger charge is 2.22. The Hall–Kier alpha value is -2.21. The maximum Gasteiger partial charge on any atom is 0.250 e. The Morgan fingerprint density at radius 2 is 1.96 bits per heavy atom.